The summed E-state index contributed by atoms with van der Waals surface area (Å²) < 4.78 is 18.5. The Morgan fingerprint density at radius 3 is 2.50 bits per heavy atom. The fourth-order valence-electron chi connectivity index (χ4n) is 3.03. The fraction of sp³-hybridized carbons (Fsp3) is 0.368. The monoisotopic (exact) mass is 348 g/mol. The molecule has 1 aliphatic heterocycles. The molecule has 1 N–H and O–H groups in total. The molecule has 3 nitrogen and oxygen atoms in total. The third-order valence-corrected chi connectivity index (χ3v) is 4.67. The molecule has 0 aliphatic carbocycles. The molecular formula is C19H22ClFN2O. The number of hydrogen-bond donors (Lipinski definition) is 1. The van der Waals surface area contributed by atoms with Crippen molar-refractivity contribution < 1.29 is 9.13 Å². The minimum Gasteiger partial charge on any atom is -0.379 e. The minimum absolute atomic E-state index is 0.197. The number of rotatable bonds is 6. The lowest BCUT2D eigenvalue weighted by atomic mass is 10.0. The van der Waals surface area contributed by atoms with Gasteiger partial charge in [-0.1, -0.05) is 41.9 Å². The summed E-state index contributed by atoms with van der Waals surface area (Å²) in [6, 6.07) is 14.8. The Hall–Kier alpha value is -1.46. The summed E-state index contributed by atoms with van der Waals surface area (Å²) >= 11 is 6.42. The molecule has 0 aromatic heterocycles. The molecule has 0 amide bonds. The van der Waals surface area contributed by atoms with Gasteiger partial charge in [0.15, 0.2) is 0 Å². The second-order valence-electron chi connectivity index (χ2n) is 5.94. The van der Waals surface area contributed by atoms with Crippen LogP contribution in [0.1, 0.15) is 17.2 Å². The summed E-state index contributed by atoms with van der Waals surface area (Å²) in [6.07, 6.45) is 0. The van der Waals surface area contributed by atoms with Crippen molar-refractivity contribution in [2.45, 2.75) is 12.6 Å². The van der Waals surface area contributed by atoms with Crippen molar-refractivity contribution in [1.29, 1.82) is 0 Å². The normalized spacial score (nSPS) is 16.9. The van der Waals surface area contributed by atoms with Gasteiger partial charge >= 0.3 is 0 Å². The van der Waals surface area contributed by atoms with Crippen LogP contribution in [0.2, 0.25) is 5.02 Å². The number of nitrogens with zero attached hydrogens (tertiary/aromatic N) is 1. The maximum atomic E-state index is 13.0. The lowest BCUT2D eigenvalue weighted by Gasteiger charge is -2.35. The van der Waals surface area contributed by atoms with Crippen LogP contribution < -0.4 is 5.32 Å². The quantitative estimate of drug-likeness (QED) is 0.862. The van der Waals surface area contributed by atoms with Crippen molar-refractivity contribution in [2.75, 3.05) is 32.8 Å². The zero-order valence-corrected chi connectivity index (χ0v) is 14.3. The number of morpholine rings is 1. The molecule has 2 aromatic rings. The number of hydrogen-bond acceptors (Lipinski definition) is 3. The van der Waals surface area contributed by atoms with Crippen LogP contribution in [0.25, 0.3) is 0 Å². The van der Waals surface area contributed by atoms with Crippen LogP contribution in [-0.4, -0.2) is 37.7 Å². The lowest BCUT2D eigenvalue weighted by Crippen LogP contribution is -2.42. The minimum atomic E-state index is -0.207. The maximum absolute atomic E-state index is 13.0. The lowest BCUT2D eigenvalue weighted by molar-refractivity contribution is 0.0161. The molecule has 1 unspecified atom stereocenters. The molecule has 0 spiro atoms. The summed E-state index contributed by atoms with van der Waals surface area (Å²) in [7, 11) is 0. The van der Waals surface area contributed by atoms with Gasteiger partial charge in [-0.05, 0) is 29.3 Å². The molecule has 1 fully saturated rings. The highest BCUT2D eigenvalue weighted by Gasteiger charge is 2.23. The topological polar surface area (TPSA) is 24.5 Å². The van der Waals surface area contributed by atoms with Gasteiger partial charge in [-0.2, -0.15) is 0 Å². The van der Waals surface area contributed by atoms with Crippen molar-refractivity contribution in [3.05, 3.63) is 70.5 Å². The van der Waals surface area contributed by atoms with Gasteiger partial charge in [0.1, 0.15) is 5.82 Å². The van der Waals surface area contributed by atoms with E-state index in [4.69, 9.17) is 16.3 Å². The largest absolute Gasteiger partial charge is 0.379 e. The van der Waals surface area contributed by atoms with E-state index in [0.29, 0.717) is 6.54 Å². The molecule has 3 rings (SSSR count). The number of nitrogens with one attached hydrogen (secondary N) is 1. The first-order valence-corrected chi connectivity index (χ1v) is 8.63. The first-order valence-electron chi connectivity index (χ1n) is 8.25. The van der Waals surface area contributed by atoms with E-state index in [1.54, 1.807) is 0 Å². The van der Waals surface area contributed by atoms with Crippen LogP contribution in [0.4, 0.5) is 4.39 Å². The van der Waals surface area contributed by atoms with E-state index in [1.165, 1.54) is 12.1 Å². The highest BCUT2D eigenvalue weighted by Crippen LogP contribution is 2.27. The van der Waals surface area contributed by atoms with Crippen molar-refractivity contribution in [3.63, 3.8) is 0 Å². The van der Waals surface area contributed by atoms with Gasteiger partial charge in [-0.15, -0.1) is 0 Å². The van der Waals surface area contributed by atoms with Gasteiger partial charge in [0.05, 0.1) is 13.2 Å². The molecule has 5 heteroatoms. The Kier molecular flexibility index (Phi) is 6.21. The predicted molar refractivity (Wildman–Crippen MR) is 94.7 cm³/mol. The standard InChI is InChI=1S/C19H22ClFN2O/c20-18-4-2-1-3-17(18)19(23-9-11-24-12-10-23)14-22-13-15-5-7-16(21)8-6-15/h1-8,19,22H,9-14H2. The Morgan fingerprint density at radius 1 is 1.08 bits per heavy atom. The smallest absolute Gasteiger partial charge is 0.123 e. The third kappa shape index (κ3) is 4.54. The Bertz CT molecular complexity index is 644. The van der Waals surface area contributed by atoms with E-state index >= 15 is 0 Å². The van der Waals surface area contributed by atoms with Crippen LogP contribution >= 0.6 is 11.6 Å². The molecule has 1 heterocycles. The fourth-order valence-corrected chi connectivity index (χ4v) is 3.29. The zero-order valence-electron chi connectivity index (χ0n) is 13.6. The number of ether oxygens (including phenoxy) is 1. The molecule has 1 saturated heterocycles. The average molecular weight is 349 g/mol. The Morgan fingerprint density at radius 2 is 1.79 bits per heavy atom. The van der Waals surface area contributed by atoms with Crippen LogP contribution in [0.15, 0.2) is 48.5 Å². The second-order valence-corrected chi connectivity index (χ2v) is 6.35. The van der Waals surface area contributed by atoms with Crippen molar-refractivity contribution in [3.8, 4) is 0 Å². The highest BCUT2D eigenvalue weighted by molar-refractivity contribution is 6.31. The Balaban J connectivity index is 1.67. The van der Waals surface area contributed by atoms with E-state index in [0.717, 1.165) is 49.0 Å². The average Bonchev–Trinajstić information content (AvgIpc) is 2.62. The zero-order chi connectivity index (χ0) is 16.8. The molecule has 2 aromatic carbocycles. The SMILES string of the molecule is Fc1ccc(CNCC(c2ccccc2Cl)N2CCOCC2)cc1. The van der Waals surface area contributed by atoms with Gasteiger partial charge < -0.3 is 10.1 Å². The van der Waals surface area contributed by atoms with Crippen molar-refractivity contribution in [2.24, 2.45) is 0 Å². The maximum Gasteiger partial charge on any atom is 0.123 e. The van der Waals surface area contributed by atoms with E-state index in [2.05, 4.69) is 16.3 Å². The summed E-state index contributed by atoms with van der Waals surface area (Å²) in [6.45, 7) is 4.77. The molecular weight excluding hydrogens is 327 g/mol. The Labute approximate surface area is 147 Å². The summed E-state index contributed by atoms with van der Waals surface area (Å²) in [5, 5.41) is 4.27. The van der Waals surface area contributed by atoms with Gasteiger partial charge in [0.2, 0.25) is 0 Å². The number of benzene rings is 2. The molecule has 0 saturated carbocycles. The summed E-state index contributed by atoms with van der Waals surface area (Å²) in [5.74, 6) is -0.207. The first kappa shape index (κ1) is 17.4. The van der Waals surface area contributed by atoms with Crippen LogP contribution in [-0.2, 0) is 11.3 Å². The van der Waals surface area contributed by atoms with Gasteiger partial charge in [-0.3, -0.25) is 4.90 Å². The molecule has 1 aliphatic rings. The third-order valence-electron chi connectivity index (χ3n) is 4.33. The van der Waals surface area contributed by atoms with E-state index in [-0.39, 0.29) is 11.9 Å². The summed E-state index contributed by atoms with van der Waals surface area (Å²) in [5.41, 5.74) is 2.20. The van der Waals surface area contributed by atoms with Crippen LogP contribution in [0, 0.1) is 5.82 Å². The van der Waals surface area contributed by atoms with Gasteiger partial charge in [0, 0.05) is 37.2 Å². The predicted octanol–water partition coefficient (Wildman–Crippen LogP) is 3.64. The van der Waals surface area contributed by atoms with Crippen LogP contribution in [0.5, 0.6) is 0 Å². The number of halogens is 2. The molecule has 0 radical (unpaired) electrons. The van der Waals surface area contributed by atoms with Gasteiger partial charge in [-0.25, -0.2) is 4.39 Å². The van der Waals surface area contributed by atoms with Crippen LogP contribution in [0.3, 0.4) is 0 Å². The van der Waals surface area contributed by atoms with E-state index in [9.17, 15) is 4.39 Å². The highest BCUT2D eigenvalue weighted by atomic mass is 35.5. The first-order chi connectivity index (χ1) is 11.7. The van der Waals surface area contributed by atoms with E-state index in [1.807, 2.05) is 30.3 Å². The van der Waals surface area contributed by atoms with E-state index < -0.39 is 0 Å². The molecule has 1 atom stereocenters. The second kappa shape index (κ2) is 8.58. The van der Waals surface area contributed by atoms with Gasteiger partial charge in [0.25, 0.3) is 0 Å². The summed E-state index contributed by atoms with van der Waals surface area (Å²) in [4.78, 5) is 2.41. The van der Waals surface area contributed by atoms with Crippen molar-refractivity contribution in [1.82, 2.24) is 10.2 Å². The molecule has 0 bridgehead atoms. The molecule has 24 heavy (non-hydrogen) atoms. The molecule has 128 valence electrons. The van der Waals surface area contributed by atoms with Crippen molar-refractivity contribution >= 4 is 11.6 Å².